The summed E-state index contributed by atoms with van der Waals surface area (Å²) in [5.41, 5.74) is -0.348. The third-order valence-corrected chi connectivity index (χ3v) is 3.72. The van der Waals surface area contributed by atoms with Crippen LogP contribution in [0.4, 0.5) is 4.39 Å². The van der Waals surface area contributed by atoms with Crippen molar-refractivity contribution in [1.82, 2.24) is 4.90 Å². The van der Waals surface area contributed by atoms with E-state index in [2.05, 4.69) is 13.8 Å². The Labute approximate surface area is 118 Å². The second-order valence-corrected chi connectivity index (χ2v) is 6.08. The van der Waals surface area contributed by atoms with E-state index in [0.717, 1.165) is 12.8 Å². The fourth-order valence-corrected chi connectivity index (χ4v) is 2.68. The summed E-state index contributed by atoms with van der Waals surface area (Å²) in [6.45, 7) is 5.35. The minimum Gasteiger partial charge on any atom is -0.423 e. The lowest BCUT2D eigenvalue weighted by Gasteiger charge is -2.38. The molecule has 0 aromatic heterocycles. The first kappa shape index (κ1) is 15.0. The summed E-state index contributed by atoms with van der Waals surface area (Å²) in [7, 11) is -1.92. The van der Waals surface area contributed by atoms with E-state index in [1.165, 1.54) is 18.2 Å². The third-order valence-electron chi connectivity index (χ3n) is 3.72. The van der Waals surface area contributed by atoms with Crippen molar-refractivity contribution in [1.29, 1.82) is 0 Å². The average Bonchev–Trinajstić information content (AvgIpc) is 2.36. The van der Waals surface area contributed by atoms with Crippen molar-refractivity contribution in [2.24, 2.45) is 5.41 Å². The highest BCUT2D eigenvalue weighted by molar-refractivity contribution is 6.58. The maximum Gasteiger partial charge on any atom is 0.491 e. The molecule has 1 amide bonds. The molecule has 1 aliphatic rings. The monoisotopic (exact) mass is 279 g/mol. The van der Waals surface area contributed by atoms with Gasteiger partial charge in [-0.05, 0) is 24.3 Å². The summed E-state index contributed by atoms with van der Waals surface area (Å²) < 4.78 is 14.2. The SMILES string of the molecule is CC1(C)CCCN(C(=O)c2cccc(B(O)O)c2F)C1. The molecule has 0 radical (unpaired) electrons. The van der Waals surface area contributed by atoms with E-state index < -0.39 is 18.8 Å². The van der Waals surface area contributed by atoms with Crippen LogP contribution in [0.3, 0.4) is 0 Å². The Morgan fingerprint density at radius 1 is 1.40 bits per heavy atom. The lowest BCUT2D eigenvalue weighted by molar-refractivity contribution is 0.0579. The maximum atomic E-state index is 14.2. The number of rotatable bonds is 2. The van der Waals surface area contributed by atoms with Crippen molar-refractivity contribution >= 4 is 18.5 Å². The summed E-state index contributed by atoms with van der Waals surface area (Å²) in [5.74, 6) is -1.24. The van der Waals surface area contributed by atoms with Crippen molar-refractivity contribution in [3.05, 3.63) is 29.6 Å². The van der Waals surface area contributed by atoms with E-state index in [1.807, 2.05) is 0 Å². The standard InChI is InChI=1S/C14H19BFNO3/c1-14(2)7-4-8-17(9-14)13(18)10-5-3-6-11(12(10)16)15(19)20/h3,5-6,19-20H,4,7-9H2,1-2H3. The minimum atomic E-state index is -1.92. The van der Waals surface area contributed by atoms with E-state index in [1.54, 1.807) is 4.90 Å². The zero-order valence-electron chi connectivity index (χ0n) is 11.8. The molecule has 2 rings (SSSR count). The fourth-order valence-electron chi connectivity index (χ4n) is 2.68. The first-order valence-corrected chi connectivity index (χ1v) is 6.76. The van der Waals surface area contributed by atoms with Gasteiger partial charge in [-0.25, -0.2) is 4.39 Å². The maximum absolute atomic E-state index is 14.2. The first-order valence-electron chi connectivity index (χ1n) is 6.76. The number of hydrogen-bond acceptors (Lipinski definition) is 3. The number of carbonyl (C=O) groups is 1. The second-order valence-electron chi connectivity index (χ2n) is 6.08. The van der Waals surface area contributed by atoms with Gasteiger partial charge in [0.25, 0.3) is 5.91 Å². The average molecular weight is 279 g/mol. The van der Waals surface area contributed by atoms with Crippen LogP contribution in [0.1, 0.15) is 37.0 Å². The molecule has 1 aromatic rings. The molecule has 0 atom stereocenters. The molecule has 0 bridgehead atoms. The van der Waals surface area contributed by atoms with Gasteiger partial charge in [0.2, 0.25) is 0 Å². The number of piperidine rings is 1. The van der Waals surface area contributed by atoms with E-state index in [0.29, 0.717) is 13.1 Å². The predicted molar refractivity (Wildman–Crippen MR) is 75.1 cm³/mol. The molecule has 2 N–H and O–H groups in total. The summed E-state index contributed by atoms with van der Waals surface area (Å²) in [4.78, 5) is 14.0. The van der Waals surface area contributed by atoms with Crippen LogP contribution in [0.15, 0.2) is 18.2 Å². The molecule has 1 aromatic carbocycles. The highest BCUT2D eigenvalue weighted by Crippen LogP contribution is 2.29. The molecule has 1 fully saturated rings. The molecule has 1 heterocycles. The van der Waals surface area contributed by atoms with Crippen molar-refractivity contribution in [3.8, 4) is 0 Å². The van der Waals surface area contributed by atoms with Crippen molar-refractivity contribution in [2.45, 2.75) is 26.7 Å². The number of likely N-dealkylation sites (tertiary alicyclic amines) is 1. The van der Waals surface area contributed by atoms with Gasteiger partial charge in [-0.3, -0.25) is 4.79 Å². The minimum absolute atomic E-state index is 0.0263. The predicted octanol–water partition coefficient (Wildman–Crippen LogP) is 0.768. The number of amides is 1. The Morgan fingerprint density at radius 2 is 2.10 bits per heavy atom. The van der Waals surface area contributed by atoms with Crippen LogP contribution in [0.2, 0.25) is 0 Å². The quantitative estimate of drug-likeness (QED) is 0.786. The van der Waals surface area contributed by atoms with Gasteiger partial charge in [0.1, 0.15) is 5.82 Å². The second kappa shape index (κ2) is 5.54. The number of carbonyl (C=O) groups excluding carboxylic acids is 1. The number of benzene rings is 1. The van der Waals surface area contributed by atoms with Gasteiger partial charge in [-0.2, -0.15) is 0 Å². The van der Waals surface area contributed by atoms with Gasteiger partial charge in [0.15, 0.2) is 0 Å². The van der Waals surface area contributed by atoms with E-state index in [4.69, 9.17) is 10.0 Å². The Balaban J connectivity index is 2.27. The molecule has 6 heteroatoms. The molecule has 4 nitrogen and oxygen atoms in total. The molecule has 0 unspecified atom stereocenters. The van der Waals surface area contributed by atoms with Crippen LogP contribution in [0.5, 0.6) is 0 Å². The van der Waals surface area contributed by atoms with Gasteiger partial charge in [-0.1, -0.05) is 26.0 Å². The summed E-state index contributed by atoms with van der Waals surface area (Å²) in [5, 5.41) is 18.2. The highest BCUT2D eigenvalue weighted by Gasteiger charge is 2.31. The highest BCUT2D eigenvalue weighted by atomic mass is 19.1. The molecular weight excluding hydrogens is 260 g/mol. The Kier molecular flexibility index (Phi) is 4.15. The van der Waals surface area contributed by atoms with Crippen LogP contribution in [-0.4, -0.2) is 41.1 Å². The smallest absolute Gasteiger partial charge is 0.423 e. The van der Waals surface area contributed by atoms with Crippen LogP contribution in [0.25, 0.3) is 0 Å². The van der Waals surface area contributed by atoms with Gasteiger partial charge in [-0.15, -0.1) is 0 Å². The summed E-state index contributed by atoms with van der Waals surface area (Å²) in [6.07, 6.45) is 1.93. The van der Waals surface area contributed by atoms with E-state index in [9.17, 15) is 9.18 Å². The number of halogens is 1. The molecule has 1 saturated heterocycles. The van der Waals surface area contributed by atoms with Crippen LogP contribution < -0.4 is 5.46 Å². The summed E-state index contributed by atoms with van der Waals surface area (Å²) >= 11 is 0. The van der Waals surface area contributed by atoms with Gasteiger partial charge in [0, 0.05) is 18.6 Å². The van der Waals surface area contributed by atoms with Crippen molar-refractivity contribution in [3.63, 3.8) is 0 Å². The van der Waals surface area contributed by atoms with E-state index >= 15 is 0 Å². The van der Waals surface area contributed by atoms with E-state index in [-0.39, 0.29) is 16.4 Å². The number of hydrogen-bond donors (Lipinski definition) is 2. The normalized spacial score (nSPS) is 17.9. The molecule has 0 aliphatic carbocycles. The number of nitrogens with zero attached hydrogens (tertiary/aromatic N) is 1. The van der Waals surface area contributed by atoms with Crippen LogP contribution in [0, 0.1) is 11.2 Å². The first-order chi connectivity index (χ1) is 9.32. The summed E-state index contributed by atoms with van der Waals surface area (Å²) in [6, 6.07) is 4.10. The topological polar surface area (TPSA) is 60.8 Å². The molecule has 0 saturated carbocycles. The van der Waals surface area contributed by atoms with Crippen LogP contribution >= 0.6 is 0 Å². The fraction of sp³-hybridized carbons (Fsp3) is 0.500. The third kappa shape index (κ3) is 3.02. The zero-order chi connectivity index (χ0) is 14.9. The lowest BCUT2D eigenvalue weighted by atomic mass is 9.78. The zero-order valence-corrected chi connectivity index (χ0v) is 11.8. The van der Waals surface area contributed by atoms with Crippen molar-refractivity contribution in [2.75, 3.05) is 13.1 Å². The Hall–Kier alpha value is -1.40. The molecule has 108 valence electrons. The Morgan fingerprint density at radius 3 is 2.70 bits per heavy atom. The molecule has 0 spiro atoms. The lowest BCUT2D eigenvalue weighted by Crippen LogP contribution is -2.44. The van der Waals surface area contributed by atoms with Gasteiger partial charge >= 0.3 is 7.12 Å². The molecule has 20 heavy (non-hydrogen) atoms. The van der Waals surface area contributed by atoms with Gasteiger partial charge in [0.05, 0.1) is 5.56 Å². The van der Waals surface area contributed by atoms with Gasteiger partial charge < -0.3 is 14.9 Å². The largest absolute Gasteiger partial charge is 0.491 e. The molecular formula is C14H19BFNO3. The van der Waals surface area contributed by atoms with Crippen molar-refractivity contribution < 1.29 is 19.2 Å². The van der Waals surface area contributed by atoms with Crippen LogP contribution in [-0.2, 0) is 0 Å². The Bertz CT molecular complexity index is 519. The molecule has 1 aliphatic heterocycles.